The Hall–Kier alpha value is -0.860. The second-order valence-corrected chi connectivity index (χ2v) is 5.91. The predicted octanol–water partition coefficient (Wildman–Crippen LogP) is 4.11. The van der Waals surface area contributed by atoms with Crippen molar-refractivity contribution in [1.82, 2.24) is 5.32 Å². The van der Waals surface area contributed by atoms with Crippen LogP contribution in [0.2, 0.25) is 0 Å². The third kappa shape index (κ3) is 5.26. The van der Waals surface area contributed by atoms with Gasteiger partial charge in [-0.15, -0.1) is 0 Å². The summed E-state index contributed by atoms with van der Waals surface area (Å²) >= 11 is 0. The molecule has 0 aliphatic heterocycles. The van der Waals surface area contributed by atoms with Crippen LogP contribution in [-0.4, -0.2) is 19.8 Å². The van der Waals surface area contributed by atoms with Gasteiger partial charge in [-0.2, -0.15) is 0 Å². The van der Waals surface area contributed by atoms with Crippen molar-refractivity contribution in [3.8, 4) is 0 Å². The lowest BCUT2D eigenvalue weighted by Gasteiger charge is -2.19. The largest absolute Gasteiger partial charge is 0.379 e. The first-order valence-electron chi connectivity index (χ1n) is 8.23. The summed E-state index contributed by atoms with van der Waals surface area (Å²) in [5.74, 6) is 0.959. The molecule has 1 aliphatic rings. The van der Waals surface area contributed by atoms with Crippen molar-refractivity contribution < 1.29 is 4.74 Å². The monoisotopic (exact) mass is 275 g/mol. The fourth-order valence-electron chi connectivity index (χ4n) is 2.58. The summed E-state index contributed by atoms with van der Waals surface area (Å²) in [6.45, 7) is 7.06. The highest BCUT2D eigenvalue weighted by Gasteiger charge is 2.20. The standard InChI is InChI=1S/C18H29NO/c1-3-5-15-8-10-17(11-9-15)18(19-4-2)14-20-13-12-16-6-7-16/h8-11,16,18-19H,3-7,12-14H2,1-2H3. The van der Waals surface area contributed by atoms with E-state index in [0.29, 0.717) is 6.04 Å². The molecular formula is C18H29NO. The molecule has 20 heavy (non-hydrogen) atoms. The summed E-state index contributed by atoms with van der Waals surface area (Å²) in [5, 5.41) is 3.53. The maximum Gasteiger partial charge on any atom is 0.0661 e. The van der Waals surface area contributed by atoms with Crippen molar-refractivity contribution >= 4 is 0 Å². The summed E-state index contributed by atoms with van der Waals surface area (Å²) in [6, 6.07) is 9.35. The van der Waals surface area contributed by atoms with Crippen LogP contribution in [0.5, 0.6) is 0 Å². The van der Waals surface area contributed by atoms with Crippen molar-refractivity contribution in [2.45, 2.75) is 52.0 Å². The van der Waals surface area contributed by atoms with E-state index in [1.54, 1.807) is 0 Å². The Kier molecular flexibility index (Phi) is 6.55. The Bertz CT molecular complexity index is 370. The molecule has 0 radical (unpaired) electrons. The van der Waals surface area contributed by atoms with E-state index in [1.807, 2.05) is 0 Å². The molecule has 1 aliphatic carbocycles. The van der Waals surface area contributed by atoms with Gasteiger partial charge in [0.15, 0.2) is 0 Å². The van der Waals surface area contributed by atoms with Crippen LogP contribution in [0.3, 0.4) is 0 Å². The van der Waals surface area contributed by atoms with Crippen LogP contribution in [0.4, 0.5) is 0 Å². The average Bonchev–Trinajstić information content (AvgIpc) is 3.28. The van der Waals surface area contributed by atoms with Gasteiger partial charge in [0.25, 0.3) is 0 Å². The zero-order valence-corrected chi connectivity index (χ0v) is 13.0. The van der Waals surface area contributed by atoms with Gasteiger partial charge in [0, 0.05) is 6.61 Å². The van der Waals surface area contributed by atoms with Gasteiger partial charge in [0.1, 0.15) is 0 Å². The maximum absolute atomic E-state index is 5.87. The second-order valence-electron chi connectivity index (χ2n) is 5.91. The van der Waals surface area contributed by atoms with Crippen LogP contribution >= 0.6 is 0 Å². The zero-order chi connectivity index (χ0) is 14.2. The number of hydrogen-bond acceptors (Lipinski definition) is 2. The molecule has 2 nitrogen and oxygen atoms in total. The molecule has 1 aromatic carbocycles. The van der Waals surface area contributed by atoms with Crippen LogP contribution in [-0.2, 0) is 11.2 Å². The summed E-state index contributed by atoms with van der Waals surface area (Å²) in [5.41, 5.74) is 2.78. The number of likely N-dealkylation sites (N-methyl/N-ethyl adjacent to an activating group) is 1. The normalized spacial score (nSPS) is 16.3. The van der Waals surface area contributed by atoms with Crippen LogP contribution in [0, 0.1) is 5.92 Å². The molecular weight excluding hydrogens is 246 g/mol. The minimum absolute atomic E-state index is 0.329. The first-order chi connectivity index (χ1) is 9.83. The van der Waals surface area contributed by atoms with Crippen molar-refractivity contribution in [1.29, 1.82) is 0 Å². The smallest absolute Gasteiger partial charge is 0.0661 e. The third-order valence-electron chi connectivity index (χ3n) is 4.02. The molecule has 2 heteroatoms. The Morgan fingerprint density at radius 1 is 1.20 bits per heavy atom. The predicted molar refractivity (Wildman–Crippen MR) is 85.0 cm³/mol. The molecule has 1 fully saturated rings. The Labute approximate surface area is 123 Å². The molecule has 2 rings (SSSR count). The number of ether oxygens (including phenoxy) is 1. The first-order valence-corrected chi connectivity index (χ1v) is 8.23. The molecule has 1 atom stereocenters. The molecule has 0 saturated heterocycles. The van der Waals surface area contributed by atoms with Gasteiger partial charge >= 0.3 is 0 Å². The fraction of sp³-hybridized carbons (Fsp3) is 0.667. The summed E-state index contributed by atoms with van der Waals surface area (Å²) in [7, 11) is 0. The lowest BCUT2D eigenvalue weighted by molar-refractivity contribution is 0.107. The SMILES string of the molecule is CCCc1ccc(C(COCCC2CC2)NCC)cc1. The number of benzene rings is 1. The molecule has 112 valence electrons. The molecule has 0 bridgehead atoms. The fourth-order valence-corrected chi connectivity index (χ4v) is 2.58. The maximum atomic E-state index is 5.87. The number of hydrogen-bond donors (Lipinski definition) is 1. The van der Waals surface area contributed by atoms with Gasteiger partial charge in [-0.25, -0.2) is 0 Å². The quantitative estimate of drug-likeness (QED) is 0.649. The molecule has 1 N–H and O–H groups in total. The minimum atomic E-state index is 0.329. The number of nitrogens with one attached hydrogen (secondary N) is 1. The molecule has 1 aromatic rings. The van der Waals surface area contributed by atoms with Crippen LogP contribution < -0.4 is 5.32 Å². The second kappa shape index (κ2) is 8.43. The lowest BCUT2D eigenvalue weighted by atomic mass is 10.0. The van der Waals surface area contributed by atoms with Crippen molar-refractivity contribution in [3.05, 3.63) is 35.4 Å². The van der Waals surface area contributed by atoms with E-state index >= 15 is 0 Å². The van der Waals surface area contributed by atoms with Crippen LogP contribution in [0.15, 0.2) is 24.3 Å². The molecule has 0 aromatic heterocycles. The number of rotatable bonds is 10. The topological polar surface area (TPSA) is 21.3 Å². The minimum Gasteiger partial charge on any atom is -0.379 e. The Morgan fingerprint density at radius 3 is 2.55 bits per heavy atom. The van der Waals surface area contributed by atoms with E-state index in [4.69, 9.17) is 4.74 Å². The average molecular weight is 275 g/mol. The molecule has 0 heterocycles. The van der Waals surface area contributed by atoms with E-state index in [-0.39, 0.29) is 0 Å². The van der Waals surface area contributed by atoms with Crippen molar-refractivity contribution in [2.24, 2.45) is 5.92 Å². The van der Waals surface area contributed by atoms with Gasteiger partial charge in [-0.1, -0.05) is 57.4 Å². The highest BCUT2D eigenvalue weighted by atomic mass is 16.5. The summed E-state index contributed by atoms with van der Waals surface area (Å²) in [6.07, 6.45) is 6.45. The molecule has 0 amide bonds. The zero-order valence-electron chi connectivity index (χ0n) is 13.0. The van der Waals surface area contributed by atoms with Crippen LogP contribution in [0.25, 0.3) is 0 Å². The lowest BCUT2D eigenvalue weighted by Crippen LogP contribution is -2.25. The van der Waals surface area contributed by atoms with Crippen molar-refractivity contribution in [2.75, 3.05) is 19.8 Å². The van der Waals surface area contributed by atoms with Crippen LogP contribution in [0.1, 0.15) is 56.7 Å². The molecule has 1 saturated carbocycles. The first kappa shape index (κ1) is 15.5. The van der Waals surface area contributed by atoms with Gasteiger partial charge in [-0.05, 0) is 36.4 Å². The third-order valence-corrected chi connectivity index (χ3v) is 4.02. The number of aryl methyl sites for hydroxylation is 1. The van der Waals surface area contributed by atoms with E-state index < -0.39 is 0 Å². The van der Waals surface area contributed by atoms with E-state index in [2.05, 4.69) is 43.4 Å². The Morgan fingerprint density at radius 2 is 1.95 bits per heavy atom. The van der Waals surface area contributed by atoms with E-state index in [9.17, 15) is 0 Å². The van der Waals surface area contributed by atoms with Gasteiger partial charge in [-0.3, -0.25) is 0 Å². The van der Waals surface area contributed by atoms with E-state index in [1.165, 1.54) is 43.2 Å². The van der Waals surface area contributed by atoms with Gasteiger partial charge < -0.3 is 10.1 Å². The molecule has 0 spiro atoms. The summed E-state index contributed by atoms with van der Waals surface area (Å²) in [4.78, 5) is 0. The summed E-state index contributed by atoms with van der Waals surface area (Å²) < 4.78 is 5.87. The van der Waals surface area contributed by atoms with E-state index in [0.717, 1.165) is 25.7 Å². The Balaban J connectivity index is 1.81. The van der Waals surface area contributed by atoms with Gasteiger partial charge in [0.05, 0.1) is 12.6 Å². The highest BCUT2D eigenvalue weighted by Crippen LogP contribution is 2.32. The van der Waals surface area contributed by atoms with Crippen molar-refractivity contribution in [3.63, 3.8) is 0 Å². The van der Waals surface area contributed by atoms with Gasteiger partial charge in [0.2, 0.25) is 0 Å². The highest BCUT2D eigenvalue weighted by molar-refractivity contribution is 5.25. The molecule has 1 unspecified atom stereocenters.